The summed E-state index contributed by atoms with van der Waals surface area (Å²) in [7, 11) is -4.19. The lowest BCUT2D eigenvalue weighted by molar-refractivity contribution is -0.140. The van der Waals surface area contributed by atoms with Gasteiger partial charge in [-0.3, -0.25) is 13.9 Å². The Morgan fingerprint density at radius 1 is 0.900 bits per heavy atom. The fraction of sp³-hybridized carbons (Fsp3) is 0.333. The summed E-state index contributed by atoms with van der Waals surface area (Å²) in [6, 6.07) is 17.4. The van der Waals surface area contributed by atoms with Gasteiger partial charge in [0, 0.05) is 22.6 Å². The third-order valence-corrected chi connectivity index (χ3v) is 9.06. The van der Waals surface area contributed by atoms with Crippen LogP contribution >= 0.6 is 23.2 Å². The first-order chi connectivity index (χ1) is 18.9. The van der Waals surface area contributed by atoms with Crippen molar-refractivity contribution in [1.82, 2.24) is 10.2 Å². The van der Waals surface area contributed by atoms with Gasteiger partial charge in [-0.2, -0.15) is 0 Å². The Balaban J connectivity index is 2.12. The number of carbonyl (C=O) groups excluding carboxylic acids is 2. The van der Waals surface area contributed by atoms with Crippen molar-refractivity contribution in [3.63, 3.8) is 0 Å². The summed E-state index contributed by atoms with van der Waals surface area (Å²) in [5.74, 6) is -0.884. The summed E-state index contributed by atoms with van der Waals surface area (Å²) in [4.78, 5) is 28.8. The Kier molecular flexibility index (Phi) is 10.6. The van der Waals surface area contributed by atoms with Crippen molar-refractivity contribution in [2.45, 2.75) is 64.6 Å². The lowest BCUT2D eigenvalue weighted by atomic mass is 10.1. The zero-order valence-electron chi connectivity index (χ0n) is 23.3. The van der Waals surface area contributed by atoms with Crippen molar-refractivity contribution in [1.29, 1.82) is 0 Å². The maximum Gasteiger partial charge on any atom is 0.264 e. The number of aryl methyl sites for hydroxylation is 1. The summed E-state index contributed by atoms with van der Waals surface area (Å²) >= 11 is 12.8. The average Bonchev–Trinajstić information content (AvgIpc) is 2.89. The number of nitrogens with one attached hydrogen (secondary N) is 1. The van der Waals surface area contributed by atoms with Gasteiger partial charge in [0.15, 0.2) is 0 Å². The number of carbonyl (C=O) groups is 2. The molecule has 2 amide bonds. The van der Waals surface area contributed by atoms with E-state index >= 15 is 0 Å². The molecule has 3 rings (SSSR count). The minimum atomic E-state index is -4.19. The molecule has 0 fully saturated rings. The van der Waals surface area contributed by atoms with E-state index in [1.54, 1.807) is 68.4 Å². The van der Waals surface area contributed by atoms with Crippen molar-refractivity contribution in [3.05, 3.63) is 93.5 Å². The quantitative estimate of drug-likeness (QED) is 0.285. The second-order valence-electron chi connectivity index (χ2n) is 9.91. The molecule has 3 aromatic rings. The lowest BCUT2D eigenvalue weighted by Crippen LogP contribution is -2.53. The molecular formula is C30H35Cl2N3O4S. The number of rotatable bonds is 11. The number of amides is 2. The first-order valence-electron chi connectivity index (χ1n) is 13.0. The van der Waals surface area contributed by atoms with Gasteiger partial charge in [-0.15, -0.1) is 0 Å². The smallest absolute Gasteiger partial charge is 0.264 e. The fourth-order valence-corrected chi connectivity index (χ4v) is 6.16. The number of anilines is 1. The molecule has 3 aromatic carbocycles. The van der Waals surface area contributed by atoms with Gasteiger partial charge in [-0.05, 0) is 75.6 Å². The minimum absolute atomic E-state index is 0.0233. The van der Waals surface area contributed by atoms with E-state index in [-0.39, 0.29) is 29.1 Å². The maximum absolute atomic E-state index is 14.1. The standard InChI is InChI=1S/C30H35Cl2N3O4S/c1-6-27(30(37)33-20(2)3)34(18-23-10-7-8-11-26(23)32)29(36)19-35(28-13-9-12-25(31)22(28)5)40(38,39)24-16-14-21(4)15-17-24/h7-17,20,27H,6,18-19H2,1-5H3,(H,33,37)/t27-/m1/s1. The molecule has 0 aliphatic heterocycles. The zero-order chi connectivity index (χ0) is 29.6. The molecule has 0 spiro atoms. The molecule has 0 unspecified atom stereocenters. The Bertz CT molecular complexity index is 1460. The van der Waals surface area contributed by atoms with Crippen molar-refractivity contribution >= 4 is 50.7 Å². The number of halogens is 2. The normalized spacial score (nSPS) is 12.2. The highest BCUT2D eigenvalue weighted by Crippen LogP contribution is 2.31. The third-order valence-electron chi connectivity index (χ3n) is 6.51. The topological polar surface area (TPSA) is 86.8 Å². The van der Waals surface area contributed by atoms with Crippen LogP contribution in [0.3, 0.4) is 0 Å². The van der Waals surface area contributed by atoms with Crippen molar-refractivity contribution < 1.29 is 18.0 Å². The molecule has 0 aromatic heterocycles. The van der Waals surface area contributed by atoms with Crippen molar-refractivity contribution in [3.8, 4) is 0 Å². The van der Waals surface area contributed by atoms with Gasteiger partial charge in [0.1, 0.15) is 12.6 Å². The summed E-state index contributed by atoms with van der Waals surface area (Å²) in [6.45, 7) is 8.51. The molecule has 10 heteroatoms. The number of nitrogens with zero attached hydrogens (tertiary/aromatic N) is 2. The van der Waals surface area contributed by atoms with E-state index < -0.39 is 28.5 Å². The molecular weight excluding hydrogens is 569 g/mol. The number of hydrogen-bond donors (Lipinski definition) is 1. The van der Waals surface area contributed by atoms with Gasteiger partial charge in [-0.25, -0.2) is 8.42 Å². The Morgan fingerprint density at radius 2 is 1.52 bits per heavy atom. The number of sulfonamides is 1. The molecule has 7 nitrogen and oxygen atoms in total. The Labute approximate surface area is 247 Å². The largest absolute Gasteiger partial charge is 0.352 e. The van der Waals surface area contributed by atoms with Gasteiger partial charge in [0.2, 0.25) is 11.8 Å². The van der Waals surface area contributed by atoms with E-state index in [2.05, 4.69) is 5.32 Å². The van der Waals surface area contributed by atoms with E-state index in [0.29, 0.717) is 27.6 Å². The summed E-state index contributed by atoms with van der Waals surface area (Å²) < 4.78 is 29.1. The van der Waals surface area contributed by atoms with E-state index in [1.165, 1.54) is 17.0 Å². The third kappa shape index (κ3) is 7.36. The molecule has 0 saturated heterocycles. The van der Waals surface area contributed by atoms with Crippen LogP contribution in [0.25, 0.3) is 0 Å². The van der Waals surface area contributed by atoms with E-state index in [1.807, 2.05) is 20.8 Å². The molecule has 214 valence electrons. The van der Waals surface area contributed by atoms with Gasteiger partial charge in [0.05, 0.1) is 10.6 Å². The van der Waals surface area contributed by atoms with Crippen LogP contribution in [0.2, 0.25) is 10.0 Å². The molecule has 0 heterocycles. The first kappa shape index (κ1) is 31.5. The predicted molar refractivity (Wildman–Crippen MR) is 161 cm³/mol. The Morgan fingerprint density at radius 3 is 2.12 bits per heavy atom. The maximum atomic E-state index is 14.1. The van der Waals surface area contributed by atoms with Crippen LogP contribution in [-0.2, 0) is 26.2 Å². The molecule has 0 aliphatic carbocycles. The molecule has 0 radical (unpaired) electrons. The van der Waals surface area contributed by atoms with Crippen LogP contribution in [-0.4, -0.2) is 43.8 Å². The zero-order valence-corrected chi connectivity index (χ0v) is 25.6. The van der Waals surface area contributed by atoms with Crippen molar-refractivity contribution in [2.75, 3.05) is 10.8 Å². The molecule has 0 aliphatic rings. The van der Waals surface area contributed by atoms with Gasteiger partial charge < -0.3 is 10.2 Å². The monoisotopic (exact) mass is 603 g/mol. The first-order valence-corrected chi connectivity index (χ1v) is 15.2. The van der Waals surface area contributed by atoms with Crippen molar-refractivity contribution in [2.24, 2.45) is 0 Å². The molecule has 1 N–H and O–H groups in total. The molecule has 0 bridgehead atoms. The second-order valence-corrected chi connectivity index (χ2v) is 12.6. The number of benzene rings is 3. The predicted octanol–water partition coefficient (Wildman–Crippen LogP) is 6.14. The highest BCUT2D eigenvalue weighted by molar-refractivity contribution is 7.92. The van der Waals surface area contributed by atoms with Crippen LogP contribution in [0.4, 0.5) is 5.69 Å². The summed E-state index contributed by atoms with van der Waals surface area (Å²) in [6.07, 6.45) is 0.315. The van der Waals surface area contributed by atoms with Gasteiger partial charge in [-0.1, -0.05) is 72.1 Å². The van der Waals surface area contributed by atoms with Crippen LogP contribution < -0.4 is 9.62 Å². The highest BCUT2D eigenvalue weighted by Gasteiger charge is 2.34. The molecule has 1 atom stereocenters. The minimum Gasteiger partial charge on any atom is -0.352 e. The SMILES string of the molecule is CC[C@H](C(=O)NC(C)C)N(Cc1ccccc1Cl)C(=O)CN(c1cccc(Cl)c1C)S(=O)(=O)c1ccc(C)cc1. The van der Waals surface area contributed by atoms with Crippen LogP contribution in [0.1, 0.15) is 43.9 Å². The van der Waals surface area contributed by atoms with Crippen LogP contribution in [0, 0.1) is 13.8 Å². The Hall–Kier alpha value is -3.07. The van der Waals surface area contributed by atoms with E-state index in [9.17, 15) is 18.0 Å². The van der Waals surface area contributed by atoms with Gasteiger partial charge >= 0.3 is 0 Å². The van der Waals surface area contributed by atoms with E-state index in [0.717, 1.165) is 9.87 Å². The molecule has 0 saturated carbocycles. The van der Waals surface area contributed by atoms with Crippen LogP contribution in [0.5, 0.6) is 0 Å². The van der Waals surface area contributed by atoms with E-state index in [4.69, 9.17) is 23.2 Å². The van der Waals surface area contributed by atoms with Crippen LogP contribution in [0.15, 0.2) is 71.6 Å². The summed E-state index contributed by atoms with van der Waals surface area (Å²) in [5.41, 5.74) is 2.32. The summed E-state index contributed by atoms with van der Waals surface area (Å²) in [5, 5.41) is 3.68. The van der Waals surface area contributed by atoms with Gasteiger partial charge in [0.25, 0.3) is 10.0 Å². The molecule has 40 heavy (non-hydrogen) atoms. The average molecular weight is 605 g/mol. The fourth-order valence-electron chi connectivity index (χ4n) is 4.33. The highest BCUT2D eigenvalue weighted by atomic mass is 35.5. The lowest BCUT2D eigenvalue weighted by Gasteiger charge is -2.34. The number of hydrogen-bond acceptors (Lipinski definition) is 4. The second kappa shape index (κ2) is 13.5.